The van der Waals surface area contributed by atoms with Crippen LogP contribution in [0, 0.1) is 5.82 Å². The fourth-order valence-corrected chi connectivity index (χ4v) is 3.67. The molecule has 0 radical (unpaired) electrons. The fourth-order valence-electron chi connectivity index (χ4n) is 3.21. The van der Waals surface area contributed by atoms with Gasteiger partial charge in [0.25, 0.3) is 0 Å². The van der Waals surface area contributed by atoms with Gasteiger partial charge in [-0.05, 0) is 37.9 Å². The summed E-state index contributed by atoms with van der Waals surface area (Å²) in [6, 6.07) is 6.43. The first kappa shape index (κ1) is 12.6. The molecule has 2 aliphatic heterocycles. The Morgan fingerprint density at radius 3 is 2.94 bits per heavy atom. The van der Waals surface area contributed by atoms with Crippen molar-refractivity contribution in [1.29, 1.82) is 0 Å². The SMILES string of the molecule is Fc1cccc(Br)c1CN1C2CCNCC1CC2. The summed E-state index contributed by atoms with van der Waals surface area (Å²) in [5.74, 6) is -0.0963. The Labute approximate surface area is 116 Å². The molecule has 0 spiro atoms. The highest BCUT2D eigenvalue weighted by Gasteiger charge is 2.35. The molecule has 2 nitrogen and oxygen atoms in total. The summed E-state index contributed by atoms with van der Waals surface area (Å²) in [5, 5.41) is 3.48. The minimum absolute atomic E-state index is 0.0963. The van der Waals surface area contributed by atoms with Crippen LogP contribution in [-0.2, 0) is 6.54 Å². The molecule has 2 unspecified atom stereocenters. The van der Waals surface area contributed by atoms with Gasteiger partial charge < -0.3 is 5.32 Å². The monoisotopic (exact) mass is 312 g/mol. The molecule has 2 heterocycles. The van der Waals surface area contributed by atoms with Crippen molar-refractivity contribution in [2.75, 3.05) is 13.1 Å². The summed E-state index contributed by atoms with van der Waals surface area (Å²) in [5.41, 5.74) is 0.802. The third kappa shape index (κ3) is 2.33. The first-order valence-electron chi connectivity index (χ1n) is 6.65. The van der Waals surface area contributed by atoms with Crippen molar-refractivity contribution in [1.82, 2.24) is 10.2 Å². The molecule has 3 rings (SSSR count). The van der Waals surface area contributed by atoms with E-state index in [1.807, 2.05) is 6.07 Å². The quantitative estimate of drug-likeness (QED) is 0.903. The molecule has 18 heavy (non-hydrogen) atoms. The van der Waals surface area contributed by atoms with Gasteiger partial charge in [0, 0.05) is 35.2 Å². The number of nitrogens with one attached hydrogen (secondary N) is 1. The van der Waals surface area contributed by atoms with Crippen molar-refractivity contribution in [3.8, 4) is 0 Å². The van der Waals surface area contributed by atoms with Crippen molar-refractivity contribution in [2.45, 2.75) is 37.9 Å². The molecule has 2 saturated heterocycles. The molecule has 2 atom stereocenters. The number of nitrogens with zero attached hydrogens (tertiary/aromatic N) is 1. The zero-order chi connectivity index (χ0) is 12.5. The largest absolute Gasteiger partial charge is 0.315 e. The number of hydrogen-bond acceptors (Lipinski definition) is 2. The maximum Gasteiger partial charge on any atom is 0.128 e. The van der Waals surface area contributed by atoms with Crippen LogP contribution in [0.2, 0.25) is 0 Å². The van der Waals surface area contributed by atoms with Crippen LogP contribution >= 0.6 is 15.9 Å². The Kier molecular flexibility index (Phi) is 3.68. The highest BCUT2D eigenvalue weighted by atomic mass is 79.9. The van der Waals surface area contributed by atoms with E-state index in [4.69, 9.17) is 0 Å². The van der Waals surface area contributed by atoms with E-state index in [-0.39, 0.29) is 5.82 Å². The van der Waals surface area contributed by atoms with Crippen LogP contribution < -0.4 is 5.32 Å². The number of halogens is 2. The lowest BCUT2D eigenvalue weighted by Gasteiger charge is -2.28. The fraction of sp³-hybridized carbons (Fsp3) is 0.571. The van der Waals surface area contributed by atoms with Crippen LogP contribution in [0.5, 0.6) is 0 Å². The van der Waals surface area contributed by atoms with E-state index in [1.165, 1.54) is 19.3 Å². The van der Waals surface area contributed by atoms with Gasteiger partial charge >= 0.3 is 0 Å². The lowest BCUT2D eigenvalue weighted by molar-refractivity contribution is 0.190. The number of hydrogen-bond donors (Lipinski definition) is 1. The normalized spacial score (nSPS) is 28.3. The zero-order valence-corrected chi connectivity index (χ0v) is 11.9. The van der Waals surface area contributed by atoms with E-state index >= 15 is 0 Å². The molecule has 1 N–H and O–H groups in total. The molecule has 2 fully saturated rings. The van der Waals surface area contributed by atoms with Crippen LogP contribution in [0.1, 0.15) is 24.8 Å². The summed E-state index contributed by atoms with van der Waals surface area (Å²) in [6.07, 6.45) is 3.69. The molecule has 2 bridgehead atoms. The van der Waals surface area contributed by atoms with Crippen molar-refractivity contribution in [3.05, 3.63) is 34.1 Å². The zero-order valence-electron chi connectivity index (χ0n) is 10.3. The minimum atomic E-state index is -0.0963. The third-order valence-electron chi connectivity index (χ3n) is 4.21. The van der Waals surface area contributed by atoms with Gasteiger partial charge in [0.15, 0.2) is 0 Å². The molecular weight excluding hydrogens is 295 g/mol. The molecular formula is C14H18BrFN2. The first-order chi connectivity index (χ1) is 8.75. The van der Waals surface area contributed by atoms with Crippen molar-refractivity contribution >= 4 is 15.9 Å². The summed E-state index contributed by atoms with van der Waals surface area (Å²) in [4.78, 5) is 2.49. The van der Waals surface area contributed by atoms with Gasteiger partial charge in [0.1, 0.15) is 5.82 Å². The summed E-state index contributed by atoms with van der Waals surface area (Å²) >= 11 is 3.47. The number of fused-ring (bicyclic) bond motifs is 2. The molecule has 0 aromatic heterocycles. The van der Waals surface area contributed by atoms with Gasteiger partial charge in [0.05, 0.1) is 0 Å². The van der Waals surface area contributed by atoms with Crippen LogP contribution in [0.3, 0.4) is 0 Å². The van der Waals surface area contributed by atoms with Crippen LogP contribution in [0.15, 0.2) is 22.7 Å². The highest BCUT2D eigenvalue weighted by Crippen LogP contribution is 2.31. The van der Waals surface area contributed by atoms with Crippen LogP contribution in [0.4, 0.5) is 4.39 Å². The van der Waals surface area contributed by atoms with Gasteiger partial charge in [-0.3, -0.25) is 4.90 Å². The van der Waals surface area contributed by atoms with Gasteiger partial charge in [-0.2, -0.15) is 0 Å². The molecule has 0 saturated carbocycles. The molecule has 1 aromatic carbocycles. The van der Waals surface area contributed by atoms with Gasteiger partial charge in [-0.15, -0.1) is 0 Å². The third-order valence-corrected chi connectivity index (χ3v) is 4.95. The van der Waals surface area contributed by atoms with Gasteiger partial charge in [-0.25, -0.2) is 4.39 Å². The van der Waals surface area contributed by atoms with E-state index in [0.717, 1.165) is 29.7 Å². The molecule has 2 aliphatic rings. The summed E-state index contributed by atoms with van der Waals surface area (Å²) in [7, 11) is 0. The summed E-state index contributed by atoms with van der Waals surface area (Å²) in [6.45, 7) is 2.86. The Morgan fingerprint density at radius 1 is 1.28 bits per heavy atom. The predicted molar refractivity (Wildman–Crippen MR) is 73.9 cm³/mol. The Morgan fingerprint density at radius 2 is 2.11 bits per heavy atom. The van der Waals surface area contributed by atoms with E-state index in [0.29, 0.717) is 12.1 Å². The van der Waals surface area contributed by atoms with Crippen molar-refractivity contribution in [3.63, 3.8) is 0 Å². The molecule has 4 heteroatoms. The molecule has 0 amide bonds. The standard InChI is InChI=1S/C14H18BrFN2/c15-13-2-1-3-14(16)12(13)9-18-10-4-5-11(18)8-17-7-6-10/h1-3,10-11,17H,4-9H2. The molecule has 98 valence electrons. The highest BCUT2D eigenvalue weighted by molar-refractivity contribution is 9.10. The number of rotatable bonds is 2. The second-order valence-electron chi connectivity index (χ2n) is 5.25. The molecule has 1 aromatic rings. The Balaban J connectivity index is 1.83. The average Bonchev–Trinajstić information content (AvgIpc) is 2.57. The maximum absolute atomic E-state index is 13.9. The summed E-state index contributed by atoms with van der Waals surface area (Å²) < 4.78 is 14.8. The lowest BCUT2D eigenvalue weighted by Crippen LogP contribution is -2.37. The van der Waals surface area contributed by atoms with E-state index in [1.54, 1.807) is 12.1 Å². The Hall–Kier alpha value is -0.450. The molecule has 0 aliphatic carbocycles. The lowest BCUT2D eigenvalue weighted by atomic mass is 10.1. The average molecular weight is 313 g/mol. The van der Waals surface area contributed by atoms with E-state index < -0.39 is 0 Å². The number of benzene rings is 1. The minimum Gasteiger partial charge on any atom is -0.315 e. The predicted octanol–water partition coefficient (Wildman–Crippen LogP) is 2.91. The van der Waals surface area contributed by atoms with Crippen LogP contribution in [-0.4, -0.2) is 30.1 Å². The van der Waals surface area contributed by atoms with E-state index in [2.05, 4.69) is 26.1 Å². The van der Waals surface area contributed by atoms with Gasteiger partial charge in [0.2, 0.25) is 0 Å². The Bertz CT molecular complexity index is 404. The van der Waals surface area contributed by atoms with E-state index in [9.17, 15) is 4.39 Å². The maximum atomic E-state index is 13.9. The van der Waals surface area contributed by atoms with Crippen molar-refractivity contribution in [2.24, 2.45) is 0 Å². The van der Waals surface area contributed by atoms with Crippen LogP contribution in [0.25, 0.3) is 0 Å². The van der Waals surface area contributed by atoms with Gasteiger partial charge in [-0.1, -0.05) is 22.0 Å². The smallest absolute Gasteiger partial charge is 0.128 e. The topological polar surface area (TPSA) is 15.3 Å². The first-order valence-corrected chi connectivity index (χ1v) is 7.44. The second-order valence-corrected chi connectivity index (χ2v) is 6.10. The van der Waals surface area contributed by atoms with Crippen molar-refractivity contribution < 1.29 is 4.39 Å². The second kappa shape index (κ2) is 5.27.